The van der Waals surface area contributed by atoms with Crippen LogP contribution in [0.5, 0.6) is 0 Å². The first kappa shape index (κ1) is 28.7. The highest BCUT2D eigenvalue weighted by Gasteiger charge is 2.36. The molecule has 2 aromatic carbocycles. The van der Waals surface area contributed by atoms with E-state index >= 15 is 0 Å². The molecule has 2 rings (SSSR count). The fraction of sp³-hybridized carbons (Fsp3) is 0.500. The van der Waals surface area contributed by atoms with Gasteiger partial charge in [0.05, 0.1) is 18.7 Å². The minimum atomic E-state index is -0.0192. The van der Waals surface area contributed by atoms with Crippen LogP contribution in [0.25, 0.3) is 0 Å². The molecule has 35 heavy (non-hydrogen) atoms. The maximum Gasteiger partial charge on any atom is 0.108 e. The Morgan fingerprint density at radius 2 is 1.37 bits per heavy atom. The van der Waals surface area contributed by atoms with Crippen LogP contribution < -0.4 is 5.32 Å². The van der Waals surface area contributed by atoms with Gasteiger partial charge >= 0.3 is 0 Å². The predicted octanol–water partition coefficient (Wildman–Crippen LogP) is 7.81. The van der Waals surface area contributed by atoms with Crippen LogP contribution in [0.1, 0.15) is 66.0 Å². The van der Waals surface area contributed by atoms with Gasteiger partial charge in [-0.2, -0.15) is 0 Å². The summed E-state index contributed by atoms with van der Waals surface area (Å²) >= 11 is 0. The minimum absolute atomic E-state index is 0.0192. The Morgan fingerprint density at radius 1 is 0.886 bits per heavy atom. The number of benzene rings is 2. The van der Waals surface area contributed by atoms with Crippen molar-refractivity contribution in [2.45, 2.75) is 80.1 Å². The lowest BCUT2D eigenvalue weighted by molar-refractivity contribution is 0.0802. The van der Waals surface area contributed by atoms with Crippen LogP contribution >= 0.6 is 0 Å². The number of hydrogen-bond acceptors (Lipinski definition) is 3. The Balaban J connectivity index is 2.52. The SMILES string of the molecule is C=C(OCC)C(C(NC(=C)C(C)C(C)(C)C)C(C)CC)N(Cc1ccccc1)Cc1ccccc1. The van der Waals surface area contributed by atoms with Crippen LogP contribution in [0, 0.1) is 17.3 Å². The third-order valence-electron chi connectivity index (χ3n) is 7.28. The van der Waals surface area contributed by atoms with E-state index in [0.29, 0.717) is 18.4 Å². The Bertz CT molecular complexity index is 859. The van der Waals surface area contributed by atoms with Crippen molar-refractivity contribution in [2.75, 3.05) is 6.61 Å². The Morgan fingerprint density at radius 3 is 1.77 bits per heavy atom. The first-order chi connectivity index (χ1) is 16.6. The summed E-state index contributed by atoms with van der Waals surface area (Å²) in [5.74, 6) is 1.54. The third kappa shape index (κ3) is 8.58. The molecule has 0 saturated heterocycles. The van der Waals surface area contributed by atoms with E-state index in [2.05, 4.69) is 126 Å². The van der Waals surface area contributed by atoms with Gasteiger partial charge in [-0.15, -0.1) is 0 Å². The van der Waals surface area contributed by atoms with Gasteiger partial charge in [0.2, 0.25) is 0 Å². The summed E-state index contributed by atoms with van der Waals surface area (Å²) in [4.78, 5) is 2.52. The topological polar surface area (TPSA) is 24.5 Å². The highest BCUT2D eigenvalue weighted by Crippen LogP contribution is 2.32. The molecule has 0 aliphatic rings. The lowest BCUT2D eigenvalue weighted by Crippen LogP contribution is -2.54. The molecular formula is C32H48N2O. The number of hydrogen-bond donors (Lipinski definition) is 1. The molecule has 0 fully saturated rings. The standard InChI is InChI=1S/C32H48N2O/c1-10-24(3)30(33-26(5)25(4)32(7,8)9)31(27(6)35-11-2)34(22-28-18-14-12-15-19-28)23-29-20-16-13-17-21-29/h12-21,24-25,30-31,33H,5-6,10-11,22-23H2,1-4,7-9H3. The summed E-state index contributed by atoms with van der Waals surface area (Å²) in [7, 11) is 0. The van der Waals surface area contributed by atoms with E-state index in [1.54, 1.807) is 0 Å². The van der Waals surface area contributed by atoms with Gasteiger partial charge in [0.25, 0.3) is 0 Å². The van der Waals surface area contributed by atoms with Crippen molar-refractivity contribution in [2.24, 2.45) is 17.3 Å². The van der Waals surface area contributed by atoms with Crippen molar-refractivity contribution in [1.29, 1.82) is 0 Å². The molecule has 0 aromatic heterocycles. The number of rotatable bonds is 14. The average Bonchev–Trinajstić information content (AvgIpc) is 2.83. The van der Waals surface area contributed by atoms with Gasteiger partial charge in [0.1, 0.15) is 5.76 Å². The molecule has 3 nitrogen and oxygen atoms in total. The largest absolute Gasteiger partial charge is 0.497 e. The van der Waals surface area contributed by atoms with Gasteiger partial charge in [-0.3, -0.25) is 4.90 Å². The highest BCUT2D eigenvalue weighted by atomic mass is 16.5. The van der Waals surface area contributed by atoms with Crippen LogP contribution in [0.15, 0.2) is 85.3 Å². The molecule has 192 valence electrons. The van der Waals surface area contributed by atoms with Gasteiger partial charge < -0.3 is 10.1 Å². The van der Waals surface area contributed by atoms with Crippen molar-refractivity contribution < 1.29 is 4.74 Å². The van der Waals surface area contributed by atoms with Gasteiger partial charge in [0, 0.05) is 24.7 Å². The Kier molecular flexibility index (Phi) is 11.1. The number of allylic oxidation sites excluding steroid dienone is 1. The van der Waals surface area contributed by atoms with Crippen molar-refractivity contribution in [3.8, 4) is 0 Å². The molecule has 0 bridgehead atoms. The first-order valence-electron chi connectivity index (χ1n) is 13.2. The van der Waals surface area contributed by atoms with Crippen molar-refractivity contribution in [3.05, 3.63) is 96.4 Å². The number of nitrogens with zero attached hydrogens (tertiary/aromatic N) is 1. The monoisotopic (exact) mass is 476 g/mol. The fourth-order valence-corrected chi connectivity index (χ4v) is 4.44. The second-order valence-electron chi connectivity index (χ2n) is 10.9. The van der Waals surface area contributed by atoms with Gasteiger partial charge in [0.15, 0.2) is 0 Å². The summed E-state index contributed by atoms with van der Waals surface area (Å²) in [6.45, 7) is 26.9. The Hall–Kier alpha value is -2.52. The molecule has 0 radical (unpaired) electrons. The molecule has 0 aliphatic heterocycles. The summed E-state index contributed by atoms with van der Waals surface area (Å²) < 4.78 is 6.14. The van der Waals surface area contributed by atoms with Gasteiger partial charge in [-0.1, -0.05) is 122 Å². The van der Waals surface area contributed by atoms with Gasteiger partial charge in [-0.25, -0.2) is 0 Å². The van der Waals surface area contributed by atoms with Crippen LogP contribution in [0.2, 0.25) is 0 Å². The molecule has 1 N–H and O–H groups in total. The third-order valence-corrected chi connectivity index (χ3v) is 7.28. The van der Waals surface area contributed by atoms with Gasteiger partial charge in [-0.05, 0) is 29.4 Å². The molecule has 0 spiro atoms. The van der Waals surface area contributed by atoms with Crippen LogP contribution in [-0.2, 0) is 17.8 Å². The normalized spacial score (nSPS) is 15.2. The summed E-state index contributed by atoms with van der Waals surface area (Å²) in [6.07, 6.45) is 1.05. The maximum absolute atomic E-state index is 6.14. The lowest BCUT2D eigenvalue weighted by Gasteiger charge is -2.43. The van der Waals surface area contributed by atoms with Crippen molar-refractivity contribution >= 4 is 0 Å². The number of nitrogens with one attached hydrogen (secondary N) is 1. The smallest absolute Gasteiger partial charge is 0.108 e. The summed E-state index contributed by atoms with van der Waals surface area (Å²) in [5.41, 5.74) is 3.77. The molecule has 3 heteroatoms. The lowest BCUT2D eigenvalue weighted by atomic mass is 9.79. The summed E-state index contributed by atoms with van der Waals surface area (Å²) in [6, 6.07) is 21.5. The molecular weight excluding hydrogens is 428 g/mol. The van der Waals surface area contributed by atoms with E-state index < -0.39 is 0 Å². The number of ether oxygens (including phenoxy) is 1. The molecule has 0 heterocycles. The molecule has 2 aromatic rings. The zero-order valence-electron chi connectivity index (χ0n) is 23.2. The highest BCUT2D eigenvalue weighted by molar-refractivity contribution is 5.20. The van der Waals surface area contributed by atoms with Crippen LogP contribution in [0.3, 0.4) is 0 Å². The molecule has 0 saturated carbocycles. The molecule has 4 atom stereocenters. The van der Waals surface area contributed by atoms with E-state index in [0.717, 1.165) is 31.0 Å². The minimum Gasteiger partial charge on any atom is -0.497 e. The first-order valence-corrected chi connectivity index (χ1v) is 13.2. The zero-order chi connectivity index (χ0) is 26.0. The second-order valence-corrected chi connectivity index (χ2v) is 10.9. The van der Waals surface area contributed by atoms with E-state index in [4.69, 9.17) is 4.74 Å². The van der Waals surface area contributed by atoms with E-state index in [-0.39, 0.29) is 17.5 Å². The quantitative estimate of drug-likeness (QED) is 0.281. The van der Waals surface area contributed by atoms with Crippen LogP contribution in [-0.4, -0.2) is 23.6 Å². The van der Waals surface area contributed by atoms with E-state index in [1.807, 2.05) is 6.92 Å². The Labute approximate surface area is 215 Å². The molecule has 4 unspecified atom stereocenters. The van der Waals surface area contributed by atoms with Crippen molar-refractivity contribution in [3.63, 3.8) is 0 Å². The van der Waals surface area contributed by atoms with E-state index in [1.165, 1.54) is 11.1 Å². The predicted molar refractivity (Wildman–Crippen MR) is 151 cm³/mol. The second kappa shape index (κ2) is 13.5. The summed E-state index contributed by atoms with van der Waals surface area (Å²) in [5, 5.41) is 3.89. The molecule has 0 aliphatic carbocycles. The average molecular weight is 477 g/mol. The van der Waals surface area contributed by atoms with Crippen molar-refractivity contribution in [1.82, 2.24) is 10.2 Å². The van der Waals surface area contributed by atoms with Crippen LogP contribution in [0.4, 0.5) is 0 Å². The zero-order valence-corrected chi connectivity index (χ0v) is 23.2. The maximum atomic E-state index is 6.14. The van der Waals surface area contributed by atoms with E-state index in [9.17, 15) is 0 Å². The fourth-order valence-electron chi connectivity index (χ4n) is 4.44. The molecule has 0 amide bonds.